The van der Waals surface area contributed by atoms with Crippen molar-refractivity contribution in [3.63, 3.8) is 0 Å². The molecule has 0 fully saturated rings. The van der Waals surface area contributed by atoms with Gasteiger partial charge in [0.05, 0.1) is 5.25 Å². The Kier molecular flexibility index (Phi) is 6.92. The normalized spacial score (nSPS) is 12.4. The lowest BCUT2D eigenvalue weighted by atomic mass is 10.2. The van der Waals surface area contributed by atoms with Gasteiger partial charge in [-0.15, -0.1) is 23.1 Å². The number of sulfonamides is 1. The van der Waals surface area contributed by atoms with E-state index in [1.54, 1.807) is 23.6 Å². The SMILES string of the molecule is CC(Sc1ccc(NS(=O)(=O)c2cccs2)cc1)C(=O)Nc1c(F)c(F)cc(F)c1F. The highest BCUT2D eigenvalue weighted by molar-refractivity contribution is 8.00. The van der Waals surface area contributed by atoms with Gasteiger partial charge in [0.2, 0.25) is 5.91 Å². The monoisotopic (exact) mass is 490 g/mol. The van der Waals surface area contributed by atoms with Crippen molar-refractivity contribution >= 4 is 50.4 Å². The number of amides is 1. The summed E-state index contributed by atoms with van der Waals surface area (Å²) in [5.74, 6) is -7.54. The Morgan fingerprint density at radius 2 is 1.65 bits per heavy atom. The summed E-state index contributed by atoms with van der Waals surface area (Å²) in [6.07, 6.45) is 0. The summed E-state index contributed by atoms with van der Waals surface area (Å²) in [4.78, 5) is 12.8. The lowest BCUT2D eigenvalue weighted by Gasteiger charge is -2.14. The third kappa shape index (κ3) is 5.38. The molecule has 1 amide bonds. The number of rotatable bonds is 7. The van der Waals surface area contributed by atoms with Crippen molar-refractivity contribution in [1.29, 1.82) is 0 Å². The summed E-state index contributed by atoms with van der Waals surface area (Å²) >= 11 is 2.06. The van der Waals surface area contributed by atoms with E-state index < -0.39 is 50.1 Å². The van der Waals surface area contributed by atoms with Gasteiger partial charge < -0.3 is 5.32 Å². The largest absolute Gasteiger partial charge is 0.320 e. The molecule has 2 aromatic carbocycles. The third-order valence-corrected chi connectivity index (χ3v) is 7.80. The predicted octanol–water partition coefficient (Wildman–Crippen LogP) is 5.22. The van der Waals surface area contributed by atoms with E-state index >= 15 is 0 Å². The maximum Gasteiger partial charge on any atom is 0.271 e. The number of anilines is 2. The van der Waals surface area contributed by atoms with Gasteiger partial charge in [0, 0.05) is 16.6 Å². The summed E-state index contributed by atoms with van der Waals surface area (Å²) in [5, 5.41) is 2.60. The Morgan fingerprint density at radius 1 is 1.03 bits per heavy atom. The van der Waals surface area contributed by atoms with Crippen LogP contribution in [0.3, 0.4) is 0 Å². The van der Waals surface area contributed by atoms with Crippen LogP contribution in [0.25, 0.3) is 0 Å². The minimum Gasteiger partial charge on any atom is -0.320 e. The molecule has 1 heterocycles. The molecule has 0 radical (unpaired) electrons. The Balaban J connectivity index is 1.66. The van der Waals surface area contributed by atoms with Crippen LogP contribution in [-0.2, 0) is 14.8 Å². The summed E-state index contributed by atoms with van der Waals surface area (Å²) in [5.41, 5.74) is -0.900. The Bertz CT molecular complexity index is 1170. The van der Waals surface area contributed by atoms with Gasteiger partial charge >= 0.3 is 0 Å². The van der Waals surface area contributed by atoms with Gasteiger partial charge in [-0.1, -0.05) is 6.07 Å². The van der Waals surface area contributed by atoms with E-state index in [9.17, 15) is 30.8 Å². The van der Waals surface area contributed by atoms with Gasteiger partial charge in [0.1, 0.15) is 9.90 Å². The molecule has 1 aromatic heterocycles. The molecule has 0 saturated heterocycles. The van der Waals surface area contributed by atoms with Crippen molar-refractivity contribution in [2.24, 2.45) is 0 Å². The molecule has 0 bridgehead atoms. The van der Waals surface area contributed by atoms with Crippen molar-refractivity contribution in [2.75, 3.05) is 10.0 Å². The van der Waals surface area contributed by atoms with Crippen LogP contribution < -0.4 is 10.0 Å². The zero-order valence-corrected chi connectivity index (χ0v) is 18.1. The van der Waals surface area contributed by atoms with Crippen LogP contribution >= 0.6 is 23.1 Å². The predicted molar refractivity (Wildman–Crippen MR) is 112 cm³/mol. The second-order valence-electron chi connectivity index (χ2n) is 6.15. The summed E-state index contributed by atoms with van der Waals surface area (Å²) < 4.78 is 81.0. The molecule has 164 valence electrons. The molecule has 1 atom stereocenters. The van der Waals surface area contributed by atoms with Crippen LogP contribution in [0, 0.1) is 23.3 Å². The highest BCUT2D eigenvalue weighted by atomic mass is 32.2. The quantitative estimate of drug-likeness (QED) is 0.270. The number of thiophene rings is 1. The highest BCUT2D eigenvalue weighted by Crippen LogP contribution is 2.29. The van der Waals surface area contributed by atoms with E-state index in [1.807, 2.05) is 5.32 Å². The minimum atomic E-state index is -3.70. The van der Waals surface area contributed by atoms with Crippen LogP contribution in [0.1, 0.15) is 6.92 Å². The second-order valence-corrected chi connectivity index (χ2v) is 10.4. The van der Waals surface area contributed by atoms with Crippen molar-refractivity contribution in [3.05, 3.63) is 71.1 Å². The molecule has 5 nitrogen and oxygen atoms in total. The summed E-state index contributed by atoms with van der Waals surface area (Å²) in [7, 11) is -3.70. The third-order valence-electron chi connectivity index (χ3n) is 3.91. The molecular formula is C19H14F4N2O3S3. The number of nitrogens with one attached hydrogen (secondary N) is 2. The molecule has 31 heavy (non-hydrogen) atoms. The molecule has 0 aliphatic carbocycles. The average molecular weight is 491 g/mol. The van der Waals surface area contributed by atoms with E-state index in [4.69, 9.17) is 0 Å². The van der Waals surface area contributed by atoms with Gasteiger partial charge in [0.15, 0.2) is 23.3 Å². The van der Waals surface area contributed by atoms with Gasteiger partial charge in [0.25, 0.3) is 10.0 Å². The van der Waals surface area contributed by atoms with E-state index in [-0.39, 0.29) is 10.3 Å². The fourth-order valence-corrected chi connectivity index (χ4v) is 5.31. The average Bonchev–Trinajstić information content (AvgIpc) is 3.27. The number of carbonyl (C=O) groups is 1. The smallest absolute Gasteiger partial charge is 0.271 e. The van der Waals surface area contributed by atoms with Gasteiger partial charge in [-0.25, -0.2) is 26.0 Å². The number of hydrogen-bond donors (Lipinski definition) is 2. The Labute approximate surface area is 183 Å². The number of hydrogen-bond acceptors (Lipinski definition) is 5. The van der Waals surface area contributed by atoms with Crippen LogP contribution in [0.2, 0.25) is 0 Å². The lowest BCUT2D eigenvalue weighted by molar-refractivity contribution is -0.115. The Hall–Kier alpha value is -2.57. The minimum absolute atomic E-state index is 0.0484. The maximum atomic E-state index is 13.7. The fourth-order valence-electron chi connectivity index (χ4n) is 2.39. The molecule has 2 N–H and O–H groups in total. The van der Waals surface area contributed by atoms with Crippen LogP contribution in [-0.4, -0.2) is 19.6 Å². The van der Waals surface area contributed by atoms with Crippen LogP contribution in [0.5, 0.6) is 0 Å². The molecule has 0 saturated carbocycles. The fraction of sp³-hybridized carbons (Fsp3) is 0.105. The van der Waals surface area contributed by atoms with Crippen molar-refractivity contribution in [1.82, 2.24) is 0 Å². The van der Waals surface area contributed by atoms with E-state index in [1.165, 1.54) is 25.1 Å². The Morgan fingerprint density at radius 3 is 2.19 bits per heavy atom. The van der Waals surface area contributed by atoms with Gasteiger partial charge in [-0.2, -0.15) is 0 Å². The number of halogens is 4. The number of benzene rings is 2. The first-order valence-electron chi connectivity index (χ1n) is 8.55. The summed E-state index contributed by atoms with van der Waals surface area (Å²) in [6, 6.07) is 9.19. The standard InChI is InChI=1S/C19H14F4N2O3S3/c1-10(19(26)24-18-16(22)13(20)9-14(21)17(18)23)30-12-6-4-11(5-7-12)25-31(27,28)15-3-2-8-29-15/h2-10,25H,1H3,(H,24,26). The summed E-state index contributed by atoms with van der Waals surface area (Å²) in [6.45, 7) is 1.43. The maximum absolute atomic E-state index is 13.7. The molecule has 1 unspecified atom stereocenters. The first-order chi connectivity index (χ1) is 14.6. The molecule has 12 heteroatoms. The van der Waals surface area contributed by atoms with Crippen molar-refractivity contribution < 1.29 is 30.8 Å². The first-order valence-corrected chi connectivity index (χ1v) is 11.8. The van der Waals surface area contributed by atoms with E-state index in [0.29, 0.717) is 10.6 Å². The second kappa shape index (κ2) is 9.28. The zero-order chi connectivity index (χ0) is 22.8. The molecule has 0 aliphatic rings. The number of carbonyl (C=O) groups excluding carboxylic acids is 1. The number of thioether (sulfide) groups is 1. The first kappa shape index (κ1) is 23.1. The molecule has 3 aromatic rings. The van der Waals surface area contributed by atoms with Gasteiger partial charge in [-0.3, -0.25) is 9.52 Å². The molecule has 3 rings (SSSR count). The van der Waals surface area contributed by atoms with Gasteiger partial charge in [-0.05, 0) is 42.6 Å². The lowest BCUT2D eigenvalue weighted by Crippen LogP contribution is -2.24. The molecule has 0 aliphatic heterocycles. The zero-order valence-electron chi connectivity index (χ0n) is 15.7. The van der Waals surface area contributed by atoms with E-state index in [2.05, 4.69) is 4.72 Å². The van der Waals surface area contributed by atoms with Crippen molar-refractivity contribution in [3.8, 4) is 0 Å². The molecule has 0 spiro atoms. The van der Waals surface area contributed by atoms with Crippen molar-refractivity contribution in [2.45, 2.75) is 21.3 Å². The van der Waals surface area contributed by atoms with E-state index in [0.717, 1.165) is 23.1 Å². The van der Waals surface area contributed by atoms with Crippen LogP contribution in [0.15, 0.2) is 56.9 Å². The molecular weight excluding hydrogens is 476 g/mol. The topological polar surface area (TPSA) is 75.3 Å². The highest BCUT2D eigenvalue weighted by Gasteiger charge is 2.23. The van der Waals surface area contributed by atoms with Crippen LogP contribution in [0.4, 0.5) is 28.9 Å².